The van der Waals surface area contributed by atoms with Gasteiger partial charge >= 0.3 is 0 Å². The van der Waals surface area contributed by atoms with Crippen LogP contribution in [0.5, 0.6) is 11.5 Å². The quantitative estimate of drug-likeness (QED) is 0.646. The molecule has 0 fully saturated rings. The summed E-state index contributed by atoms with van der Waals surface area (Å²) < 4.78 is 36.1. The number of rotatable bonds is 9. The molecule has 0 saturated carbocycles. The van der Waals surface area contributed by atoms with Crippen LogP contribution >= 0.6 is 0 Å². The molecule has 0 aliphatic rings. The SMILES string of the molecule is COc1ccc(OCCNC(=O)CN(c2ccc(C)cc2C)S(C)(=O)=O)cc1. The Morgan fingerprint density at radius 2 is 1.71 bits per heavy atom. The highest BCUT2D eigenvalue weighted by atomic mass is 32.2. The predicted molar refractivity (Wildman–Crippen MR) is 110 cm³/mol. The minimum absolute atomic E-state index is 0.259. The number of nitrogens with zero attached hydrogens (tertiary/aromatic N) is 1. The Morgan fingerprint density at radius 3 is 2.29 bits per heavy atom. The van der Waals surface area contributed by atoms with E-state index in [2.05, 4.69) is 5.32 Å². The normalized spacial score (nSPS) is 11.0. The van der Waals surface area contributed by atoms with Gasteiger partial charge in [0, 0.05) is 0 Å². The molecule has 2 aromatic rings. The fourth-order valence-electron chi connectivity index (χ4n) is 2.68. The first-order chi connectivity index (χ1) is 13.2. The zero-order valence-corrected chi connectivity index (χ0v) is 17.4. The minimum atomic E-state index is -3.60. The van der Waals surface area contributed by atoms with E-state index in [-0.39, 0.29) is 19.7 Å². The summed E-state index contributed by atoms with van der Waals surface area (Å²) in [4.78, 5) is 12.3. The van der Waals surface area contributed by atoms with Crippen molar-refractivity contribution >= 4 is 21.6 Å². The summed E-state index contributed by atoms with van der Waals surface area (Å²) in [5.41, 5.74) is 2.31. The molecule has 0 atom stereocenters. The highest BCUT2D eigenvalue weighted by Crippen LogP contribution is 2.23. The van der Waals surface area contributed by atoms with Crippen LogP contribution in [0.15, 0.2) is 42.5 Å². The lowest BCUT2D eigenvalue weighted by Crippen LogP contribution is -2.41. The number of benzene rings is 2. The van der Waals surface area contributed by atoms with E-state index in [1.165, 1.54) is 0 Å². The van der Waals surface area contributed by atoms with Gasteiger partial charge in [-0.1, -0.05) is 17.7 Å². The van der Waals surface area contributed by atoms with Crippen LogP contribution in [0, 0.1) is 13.8 Å². The van der Waals surface area contributed by atoms with E-state index in [4.69, 9.17) is 9.47 Å². The maximum atomic E-state index is 12.3. The van der Waals surface area contributed by atoms with Crippen molar-refractivity contribution in [2.75, 3.05) is 37.4 Å². The van der Waals surface area contributed by atoms with Crippen LogP contribution in [0.25, 0.3) is 0 Å². The molecular formula is C20H26N2O5S. The number of nitrogens with one attached hydrogen (secondary N) is 1. The third kappa shape index (κ3) is 6.16. The topological polar surface area (TPSA) is 84.9 Å². The molecule has 1 N–H and O–H groups in total. The fourth-order valence-corrected chi connectivity index (χ4v) is 3.60. The van der Waals surface area contributed by atoms with E-state index in [0.717, 1.165) is 27.4 Å². The van der Waals surface area contributed by atoms with Crippen LogP contribution in [0.2, 0.25) is 0 Å². The van der Waals surface area contributed by atoms with Crippen LogP contribution in [0.3, 0.4) is 0 Å². The third-order valence-electron chi connectivity index (χ3n) is 4.06. The maximum absolute atomic E-state index is 12.3. The lowest BCUT2D eigenvalue weighted by atomic mass is 10.1. The van der Waals surface area contributed by atoms with E-state index in [9.17, 15) is 13.2 Å². The van der Waals surface area contributed by atoms with E-state index in [1.54, 1.807) is 37.4 Å². The van der Waals surface area contributed by atoms with Crippen molar-refractivity contribution in [2.24, 2.45) is 0 Å². The van der Waals surface area contributed by atoms with Crippen LogP contribution in [-0.2, 0) is 14.8 Å². The number of aryl methyl sites for hydroxylation is 2. The van der Waals surface area contributed by atoms with Crippen LogP contribution in [0.4, 0.5) is 5.69 Å². The van der Waals surface area contributed by atoms with Gasteiger partial charge in [0.15, 0.2) is 0 Å². The summed E-state index contributed by atoms with van der Waals surface area (Å²) in [6.45, 7) is 3.99. The Morgan fingerprint density at radius 1 is 1.07 bits per heavy atom. The van der Waals surface area contributed by atoms with Crippen LogP contribution in [-0.4, -0.2) is 47.4 Å². The second-order valence-corrected chi connectivity index (χ2v) is 8.34. The number of carbonyl (C=O) groups excluding carboxylic acids is 1. The Hall–Kier alpha value is -2.74. The zero-order valence-electron chi connectivity index (χ0n) is 16.6. The Labute approximate surface area is 166 Å². The Balaban J connectivity index is 1.91. The zero-order chi connectivity index (χ0) is 20.7. The Kier molecular flexibility index (Phi) is 7.28. The lowest BCUT2D eigenvalue weighted by molar-refractivity contribution is -0.119. The molecule has 1 amide bonds. The molecular weight excluding hydrogens is 380 g/mol. The molecule has 7 nitrogen and oxygen atoms in total. The third-order valence-corrected chi connectivity index (χ3v) is 5.19. The molecule has 0 aliphatic carbocycles. The van der Waals surface area contributed by atoms with Gasteiger partial charge in [-0.15, -0.1) is 0 Å². The molecule has 152 valence electrons. The van der Waals surface area contributed by atoms with Crippen LogP contribution in [0.1, 0.15) is 11.1 Å². The summed E-state index contributed by atoms with van der Waals surface area (Å²) in [7, 11) is -2.01. The lowest BCUT2D eigenvalue weighted by Gasteiger charge is -2.24. The molecule has 0 unspecified atom stereocenters. The number of ether oxygens (including phenoxy) is 2. The van der Waals surface area contributed by atoms with Gasteiger partial charge in [-0.25, -0.2) is 8.42 Å². The van der Waals surface area contributed by atoms with Crippen molar-refractivity contribution in [3.05, 3.63) is 53.6 Å². The first-order valence-corrected chi connectivity index (χ1v) is 10.6. The molecule has 0 aromatic heterocycles. The number of hydrogen-bond donors (Lipinski definition) is 1. The summed E-state index contributed by atoms with van der Waals surface area (Å²) in [6.07, 6.45) is 1.09. The first kappa shape index (κ1) is 21.6. The van der Waals surface area contributed by atoms with Gasteiger partial charge in [0.05, 0.1) is 25.6 Å². The van der Waals surface area contributed by atoms with E-state index >= 15 is 0 Å². The average Bonchev–Trinajstić information content (AvgIpc) is 2.63. The molecule has 0 spiro atoms. The molecule has 2 aromatic carbocycles. The van der Waals surface area contributed by atoms with Gasteiger partial charge < -0.3 is 14.8 Å². The van der Waals surface area contributed by atoms with Gasteiger partial charge in [0.1, 0.15) is 24.7 Å². The van der Waals surface area contributed by atoms with Crippen molar-refractivity contribution in [3.63, 3.8) is 0 Å². The molecule has 0 heterocycles. The second kappa shape index (κ2) is 9.45. The molecule has 2 rings (SSSR count). The smallest absolute Gasteiger partial charge is 0.240 e. The van der Waals surface area contributed by atoms with E-state index in [1.807, 2.05) is 26.0 Å². The fraction of sp³-hybridized carbons (Fsp3) is 0.350. The monoisotopic (exact) mass is 406 g/mol. The highest BCUT2D eigenvalue weighted by Gasteiger charge is 2.22. The molecule has 0 radical (unpaired) electrons. The molecule has 8 heteroatoms. The predicted octanol–water partition coefficient (Wildman–Crippen LogP) is 2.27. The standard InChI is InChI=1S/C20H26N2O5S/c1-15-5-10-19(16(2)13-15)22(28(4,24)25)14-20(23)21-11-12-27-18-8-6-17(26-3)7-9-18/h5-10,13H,11-12,14H2,1-4H3,(H,21,23). The number of hydrogen-bond acceptors (Lipinski definition) is 5. The summed E-state index contributed by atoms with van der Waals surface area (Å²) >= 11 is 0. The molecule has 0 bridgehead atoms. The Bertz CT molecular complexity index is 911. The maximum Gasteiger partial charge on any atom is 0.240 e. The average molecular weight is 407 g/mol. The second-order valence-electron chi connectivity index (χ2n) is 6.43. The first-order valence-electron chi connectivity index (χ1n) is 8.79. The molecule has 0 saturated heterocycles. The molecule has 28 heavy (non-hydrogen) atoms. The van der Waals surface area contributed by atoms with Gasteiger partial charge in [-0.05, 0) is 49.7 Å². The summed E-state index contributed by atoms with van der Waals surface area (Å²) in [5.74, 6) is 0.986. The number of carbonyl (C=O) groups is 1. The largest absolute Gasteiger partial charge is 0.497 e. The van der Waals surface area contributed by atoms with Crippen molar-refractivity contribution in [1.82, 2.24) is 5.32 Å². The van der Waals surface area contributed by atoms with Gasteiger partial charge in [0.25, 0.3) is 0 Å². The number of methoxy groups -OCH3 is 1. The number of amides is 1. The minimum Gasteiger partial charge on any atom is -0.497 e. The van der Waals surface area contributed by atoms with E-state index in [0.29, 0.717) is 11.4 Å². The number of sulfonamides is 1. The van der Waals surface area contributed by atoms with Crippen molar-refractivity contribution in [2.45, 2.75) is 13.8 Å². The van der Waals surface area contributed by atoms with Gasteiger partial charge in [-0.2, -0.15) is 0 Å². The van der Waals surface area contributed by atoms with Gasteiger partial charge in [0.2, 0.25) is 15.9 Å². The van der Waals surface area contributed by atoms with E-state index < -0.39 is 15.9 Å². The molecule has 0 aliphatic heterocycles. The van der Waals surface area contributed by atoms with Crippen molar-refractivity contribution < 1.29 is 22.7 Å². The van der Waals surface area contributed by atoms with Crippen LogP contribution < -0.4 is 19.1 Å². The van der Waals surface area contributed by atoms with Gasteiger partial charge in [-0.3, -0.25) is 9.10 Å². The number of anilines is 1. The highest BCUT2D eigenvalue weighted by molar-refractivity contribution is 7.92. The van der Waals surface area contributed by atoms with Crippen molar-refractivity contribution in [1.29, 1.82) is 0 Å². The summed E-state index contributed by atoms with van der Waals surface area (Å²) in [5, 5.41) is 2.68. The van der Waals surface area contributed by atoms with Crippen molar-refractivity contribution in [3.8, 4) is 11.5 Å². The summed E-state index contributed by atoms with van der Waals surface area (Å²) in [6, 6.07) is 12.5.